The second-order valence-corrected chi connectivity index (χ2v) is 7.25. The smallest absolute Gasteiger partial charge is 0.337 e. The van der Waals surface area contributed by atoms with Crippen LogP contribution in [0.2, 0.25) is 0 Å². The highest BCUT2D eigenvalue weighted by Gasteiger charge is 2.33. The molecule has 0 fully saturated rings. The summed E-state index contributed by atoms with van der Waals surface area (Å²) in [7, 11) is 2.93. The van der Waals surface area contributed by atoms with E-state index in [4.69, 9.17) is 9.47 Å². The first-order valence-electron chi connectivity index (χ1n) is 10.0. The van der Waals surface area contributed by atoms with Crippen LogP contribution in [0, 0.1) is 6.92 Å². The summed E-state index contributed by atoms with van der Waals surface area (Å²) in [6, 6.07) is 22.0. The lowest BCUT2D eigenvalue weighted by Crippen LogP contribution is -2.32. The molecule has 1 aliphatic heterocycles. The first-order valence-corrected chi connectivity index (χ1v) is 10.0. The predicted octanol–water partition coefficient (Wildman–Crippen LogP) is 4.62. The third-order valence-electron chi connectivity index (χ3n) is 5.14. The Kier molecular flexibility index (Phi) is 5.85. The molecule has 0 unspecified atom stereocenters. The number of ether oxygens (including phenoxy) is 2. The molecule has 0 saturated heterocycles. The molecule has 6 heteroatoms. The maximum atomic E-state index is 13.4. The minimum atomic E-state index is -0.414. The van der Waals surface area contributed by atoms with Gasteiger partial charge in [0, 0.05) is 0 Å². The molecule has 0 aliphatic carbocycles. The molecule has 0 spiro atoms. The van der Waals surface area contributed by atoms with Crippen LogP contribution >= 0.6 is 0 Å². The number of hydrogen-bond acceptors (Lipinski definition) is 5. The molecule has 32 heavy (non-hydrogen) atoms. The minimum absolute atomic E-state index is 0.244. The third-order valence-corrected chi connectivity index (χ3v) is 5.14. The van der Waals surface area contributed by atoms with Crippen molar-refractivity contribution in [1.82, 2.24) is 0 Å². The molecule has 160 valence electrons. The van der Waals surface area contributed by atoms with Gasteiger partial charge in [-0.3, -0.25) is 9.69 Å². The van der Waals surface area contributed by atoms with Crippen molar-refractivity contribution >= 4 is 29.5 Å². The molecule has 0 saturated carbocycles. The van der Waals surface area contributed by atoms with Gasteiger partial charge >= 0.3 is 5.97 Å². The molecule has 1 aliphatic rings. The molecular formula is C26H22N2O4. The summed E-state index contributed by atoms with van der Waals surface area (Å²) in [5.74, 6) is 0.462. The number of nitrogens with zero attached hydrogens (tertiary/aromatic N) is 2. The fourth-order valence-corrected chi connectivity index (χ4v) is 3.45. The van der Waals surface area contributed by atoms with E-state index < -0.39 is 5.97 Å². The lowest BCUT2D eigenvalue weighted by molar-refractivity contribution is -0.113. The normalized spacial score (nSPS) is 14.5. The summed E-state index contributed by atoms with van der Waals surface area (Å²) >= 11 is 0. The lowest BCUT2D eigenvalue weighted by Gasteiger charge is -2.20. The average molecular weight is 426 g/mol. The van der Waals surface area contributed by atoms with Gasteiger partial charge in [0.05, 0.1) is 31.0 Å². The number of amides is 1. The second-order valence-electron chi connectivity index (χ2n) is 7.25. The number of benzene rings is 3. The van der Waals surface area contributed by atoms with Crippen LogP contribution in [0.25, 0.3) is 6.08 Å². The molecule has 0 radical (unpaired) electrons. The number of rotatable bonds is 5. The molecule has 4 rings (SSSR count). The molecule has 3 aromatic rings. The van der Waals surface area contributed by atoms with Crippen LogP contribution in [0.1, 0.15) is 27.0 Å². The number of methoxy groups -OCH3 is 2. The largest absolute Gasteiger partial charge is 0.496 e. The quantitative estimate of drug-likeness (QED) is 0.441. The summed E-state index contributed by atoms with van der Waals surface area (Å²) in [5.41, 5.74) is 4.00. The Hall–Kier alpha value is -4.19. The van der Waals surface area contributed by atoms with E-state index in [0.717, 1.165) is 16.8 Å². The van der Waals surface area contributed by atoms with Gasteiger partial charge in [0.2, 0.25) is 0 Å². The molecule has 3 aromatic carbocycles. The van der Waals surface area contributed by atoms with Crippen molar-refractivity contribution in [2.45, 2.75) is 6.92 Å². The van der Waals surface area contributed by atoms with Gasteiger partial charge in [0.1, 0.15) is 11.4 Å². The minimum Gasteiger partial charge on any atom is -0.496 e. The second kappa shape index (κ2) is 8.89. The molecule has 0 bridgehead atoms. The number of para-hydroxylation sites is 1. The summed E-state index contributed by atoms with van der Waals surface area (Å²) in [4.78, 5) is 31.4. The van der Waals surface area contributed by atoms with Crippen LogP contribution in [0.5, 0.6) is 5.75 Å². The van der Waals surface area contributed by atoms with Gasteiger partial charge in [-0.1, -0.05) is 42.0 Å². The van der Waals surface area contributed by atoms with Gasteiger partial charge in [-0.05, 0) is 55.0 Å². The standard InChI is InChI=1S/C26H22N2O4/c1-17-8-14-20(15-9-17)28-24(21-6-4-5-7-23(21)31-2)27-22(25(28)29)16-18-10-12-19(13-11-18)26(30)32-3/h4-16H,1-3H3/b22-16+. The lowest BCUT2D eigenvalue weighted by atomic mass is 10.1. The maximum Gasteiger partial charge on any atom is 0.337 e. The van der Waals surface area contributed by atoms with Crippen LogP contribution < -0.4 is 9.64 Å². The van der Waals surface area contributed by atoms with Crippen molar-refractivity contribution in [2.24, 2.45) is 4.99 Å². The highest BCUT2D eigenvalue weighted by molar-refractivity contribution is 6.33. The van der Waals surface area contributed by atoms with Gasteiger partial charge in [-0.2, -0.15) is 0 Å². The summed E-state index contributed by atoms with van der Waals surface area (Å²) in [6.07, 6.45) is 1.70. The monoisotopic (exact) mass is 426 g/mol. The van der Waals surface area contributed by atoms with Crippen molar-refractivity contribution in [3.63, 3.8) is 0 Å². The maximum absolute atomic E-state index is 13.4. The van der Waals surface area contributed by atoms with Crippen molar-refractivity contribution < 1.29 is 19.1 Å². The fourth-order valence-electron chi connectivity index (χ4n) is 3.45. The van der Waals surface area contributed by atoms with E-state index in [1.54, 1.807) is 42.4 Å². The third kappa shape index (κ3) is 4.03. The van der Waals surface area contributed by atoms with E-state index in [1.807, 2.05) is 55.5 Å². The summed E-state index contributed by atoms with van der Waals surface area (Å²) in [5, 5.41) is 0. The zero-order valence-corrected chi connectivity index (χ0v) is 18.0. The predicted molar refractivity (Wildman–Crippen MR) is 124 cm³/mol. The van der Waals surface area contributed by atoms with Gasteiger partial charge in [0.15, 0.2) is 5.84 Å². The van der Waals surface area contributed by atoms with Gasteiger partial charge in [-0.15, -0.1) is 0 Å². The van der Waals surface area contributed by atoms with Crippen LogP contribution in [-0.2, 0) is 9.53 Å². The van der Waals surface area contributed by atoms with Crippen LogP contribution in [0.3, 0.4) is 0 Å². The van der Waals surface area contributed by atoms with Crippen molar-refractivity contribution in [2.75, 3.05) is 19.1 Å². The molecule has 0 atom stereocenters. The Morgan fingerprint density at radius 2 is 1.62 bits per heavy atom. The first kappa shape index (κ1) is 21.1. The number of aliphatic imine (C=N–C) groups is 1. The van der Waals surface area contributed by atoms with Crippen LogP contribution in [-0.4, -0.2) is 31.9 Å². The first-order chi connectivity index (χ1) is 15.5. The number of amidine groups is 1. The Labute approximate surface area is 186 Å². The molecule has 6 nitrogen and oxygen atoms in total. The Bertz CT molecular complexity index is 1230. The van der Waals surface area contributed by atoms with E-state index in [1.165, 1.54) is 7.11 Å². The Balaban J connectivity index is 1.79. The van der Waals surface area contributed by atoms with E-state index in [0.29, 0.717) is 22.7 Å². The Morgan fingerprint density at radius 3 is 2.28 bits per heavy atom. The summed E-state index contributed by atoms with van der Waals surface area (Å²) in [6.45, 7) is 1.99. The summed E-state index contributed by atoms with van der Waals surface area (Å²) < 4.78 is 10.2. The van der Waals surface area contributed by atoms with Crippen LogP contribution in [0.15, 0.2) is 83.5 Å². The van der Waals surface area contributed by atoms with E-state index in [9.17, 15) is 9.59 Å². The van der Waals surface area contributed by atoms with Crippen LogP contribution in [0.4, 0.5) is 5.69 Å². The van der Waals surface area contributed by atoms with Crippen molar-refractivity contribution in [1.29, 1.82) is 0 Å². The van der Waals surface area contributed by atoms with Crippen molar-refractivity contribution in [3.8, 4) is 5.75 Å². The molecular weight excluding hydrogens is 404 g/mol. The molecule has 0 N–H and O–H groups in total. The average Bonchev–Trinajstić information content (AvgIpc) is 3.15. The number of aryl methyl sites for hydroxylation is 1. The number of carbonyl (C=O) groups is 2. The number of carbonyl (C=O) groups excluding carboxylic acids is 2. The Morgan fingerprint density at radius 1 is 0.938 bits per heavy atom. The SMILES string of the molecule is COC(=O)c1ccc(/C=C2/N=C(c3ccccc3OC)N(c3ccc(C)cc3)C2=O)cc1. The van der Waals surface area contributed by atoms with Gasteiger partial charge < -0.3 is 9.47 Å². The number of hydrogen-bond donors (Lipinski definition) is 0. The molecule has 1 heterocycles. The van der Waals surface area contributed by atoms with Gasteiger partial charge in [0.25, 0.3) is 5.91 Å². The van der Waals surface area contributed by atoms with E-state index in [2.05, 4.69) is 4.99 Å². The zero-order chi connectivity index (χ0) is 22.7. The van der Waals surface area contributed by atoms with E-state index in [-0.39, 0.29) is 11.6 Å². The highest BCUT2D eigenvalue weighted by atomic mass is 16.5. The van der Waals surface area contributed by atoms with Crippen molar-refractivity contribution in [3.05, 3.63) is 101 Å². The highest BCUT2D eigenvalue weighted by Crippen LogP contribution is 2.31. The molecule has 0 aromatic heterocycles. The topological polar surface area (TPSA) is 68.2 Å². The zero-order valence-electron chi connectivity index (χ0n) is 18.0. The van der Waals surface area contributed by atoms with Gasteiger partial charge in [-0.25, -0.2) is 9.79 Å². The molecule has 1 amide bonds. The fraction of sp³-hybridized carbons (Fsp3) is 0.115. The number of esters is 1. The number of anilines is 1. The van der Waals surface area contributed by atoms with E-state index >= 15 is 0 Å².